The summed E-state index contributed by atoms with van der Waals surface area (Å²) in [5.74, 6) is -0.752. The second-order valence-electron chi connectivity index (χ2n) is 3.62. The monoisotopic (exact) mass is 281 g/mol. The van der Waals surface area contributed by atoms with Crippen LogP contribution in [0.15, 0.2) is 24.5 Å². The molecule has 0 unspecified atom stereocenters. The summed E-state index contributed by atoms with van der Waals surface area (Å²) in [6.45, 7) is 0. The Morgan fingerprint density at radius 1 is 1.53 bits per heavy atom. The zero-order valence-corrected chi connectivity index (χ0v) is 10.5. The highest BCUT2D eigenvalue weighted by molar-refractivity contribution is 6.29. The molecule has 0 atom stereocenters. The molecule has 0 saturated carbocycles. The lowest BCUT2D eigenvalue weighted by Gasteiger charge is -2.03. The maximum Gasteiger partial charge on any atom is 0.311 e. The van der Waals surface area contributed by atoms with E-state index < -0.39 is 10.8 Å². The number of nitrogens with zero attached hydrogens (tertiary/aromatic N) is 4. The molecule has 0 spiro atoms. The van der Waals surface area contributed by atoms with E-state index in [1.165, 1.54) is 29.2 Å². The lowest BCUT2D eigenvalue weighted by Crippen LogP contribution is -2.13. The highest BCUT2D eigenvalue weighted by Gasteiger charge is 2.19. The van der Waals surface area contributed by atoms with Gasteiger partial charge in [0.2, 0.25) is 5.82 Å². The first kappa shape index (κ1) is 13.0. The molecule has 0 saturated heterocycles. The van der Waals surface area contributed by atoms with Crippen LogP contribution in [0.2, 0.25) is 5.15 Å². The van der Waals surface area contributed by atoms with Crippen molar-refractivity contribution in [3.63, 3.8) is 0 Å². The fraction of sp³-hybridized carbons (Fsp3) is 0.100. The van der Waals surface area contributed by atoms with Gasteiger partial charge in [-0.3, -0.25) is 19.6 Å². The van der Waals surface area contributed by atoms with Crippen molar-refractivity contribution in [2.24, 2.45) is 7.05 Å². The van der Waals surface area contributed by atoms with Crippen LogP contribution in [0.4, 0.5) is 11.5 Å². The van der Waals surface area contributed by atoms with E-state index in [4.69, 9.17) is 11.6 Å². The number of rotatable bonds is 3. The molecule has 8 nitrogen and oxygen atoms in total. The highest BCUT2D eigenvalue weighted by Crippen LogP contribution is 2.24. The van der Waals surface area contributed by atoms with Crippen LogP contribution >= 0.6 is 11.6 Å². The van der Waals surface area contributed by atoms with Gasteiger partial charge in [-0.05, 0) is 6.07 Å². The highest BCUT2D eigenvalue weighted by atomic mass is 35.5. The molecule has 2 heterocycles. The van der Waals surface area contributed by atoms with Gasteiger partial charge in [-0.1, -0.05) is 11.6 Å². The number of aromatic nitrogens is 3. The van der Waals surface area contributed by atoms with Crippen LogP contribution < -0.4 is 5.32 Å². The zero-order valence-electron chi connectivity index (χ0n) is 9.70. The van der Waals surface area contributed by atoms with Gasteiger partial charge in [-0.15, -0.1) is 0 Å². The molecule has 9 heteroatoms. The van der Waals surface area contributed by atoms with Gasteiger partial charge >= 0.3 is 5.69 Å². The number of carbonyl (C=O) groups is 1. The predicted molar refractivity (Wildman–Crippen MR) is 67.1 cm³/mol. The number of pyridine rings is 1. The van der Waals surface area contributed by atoms with Crippen LogP contribution in [0, 0.1) is 10.1 Å². The first-order chi connectivity index (χ1) is 8.97. The van der Waals surface area contributed by atoms with Gasteiger partial charge in [-0.2, -0.15) is 5.10 Å². The summed E-state index contributed by atoms with van der Waals surface area (Å²) in [7, 11) is 1.65. The van der Waals surface area contributed by atoms with Crippen LogP contribution in [-0.4, -0.2) is 25.6 Å². The molecule has 0 aliphatic carbocycles. The molecular formula is C10H8ClN5O3. The van der Waals surface area contributed by atoms with Crippen molar-refractivity contribution in [3.05, 3.63) is 45.4 Å². The maximum atomic E-state index is 11.8. The molecule has 0 aromatic carbocycles. The van der Waals surface area contributed by atoms with E-state index in [1.54, 1.807) is 7.05 Å². The third-order valence-electron chi connectivity index (χ3n) is 2.24. The van der Waals surface area contributed by atoms with E-state index in [2.05, 4.69) is 15.4 Å². The van der Waals surface area contributed by atoms with E-state index in [0.717, 1.165) is 0 Å². The number of hydrogen-bond acceptors (Lipinski definition) is 5. The van der Waals surface area contributed by atoms with Crippen molar-refractivity contribution in [2.45, 2.75) is 0 Å². The molecular weight excluding hydrogens is 274 g/mol. The van der Waals surface area contributed by atoms with Crippen LogP contribution in [-0.2, 0) is 7.05 Å². The molecule has 0 fully saturated rings. The molecule has 0 aliphatic rings. The Balaban J connectivity index is 2.30. The van der Waals surface area contributed by atoms with Gasteiger partial charge < -0.3 is 5.32 Å². The Kier molecular flexibility index (Phi) is 3.43. The normalized spacial score (nSPS) is 10.2. The fourth-order valence-corrected chi connectivity index (χ4v) is 1.53. The summed E-state index contributed by atoms with van der Waals surface area (Å²) in [6, 6.07) is 2.45. The van der Waals surface area contributed by atoms with Crippen molar-refractivity contribution in [3.8, 4) is 0 Å². The number of carbonyl (C=O) groups excluding carboxylic acids is 1. The number of amides is 1. The maximum absolute atomic E-state index is 11.8. The SMILES string of the molecule is Cn1cc(C(=O)Nc2nc(Cl)ccc2[N+](=O)[O-])cn1. The standard InChI is InChI=1S/C10H8ClN5O3/c1-15-5-6(4-12-15)10(17)14-9-7(16(18)19)2-3-8(11)13-9/h2-5H,1H3,(H,13,14,17). The second-order valence-corrected chi connectivity index (χ2v) is 4.00. The summed E-state index contributed by atoms with van der Waals surface area (Å²) in [5.41, 5.74) is -0.0692. The van der Waals surface area contributed by atoms with Gasteiger partial charge in [0.05, 0.1) is 16.7 Å². The molecule has 1 N–H and O–H groups in total. The molecule has 2 rings (SSSR count). The quantitative estimate of drug-likeness (QED) is 0.523. The third kappa shape index (κ3) is 2.86. The summed E-state index contributed by atoms with van der Waals surface area (Å²) in [4.78, 5) is 25.7. The first-order valence-electron chi connectivity index (χ1n) is 5.08. The van der Waals surface area contributed by atoms with Gasteiger partial charge in [0, 0.05) is 19.3 Å². The largest absolute Gasteiger partial charge is 0.311 e. The number of nitrogens with one attached hydrogen (secondary N) is 1. The Hall–Kier alpha value is -2.48. The minimum absolute atomic E-state index is 0.0482. The van der Waals surface area contributed by atoms with Crippen molar-refractivity contribution in [1.82, 2.24) is 14.8 Å². The van der Waals surface area contributed by atoms with Crippen LogP contribution in [0.1, 0.15) is 10.4 Å². The van der Waals surface area contributed by atoms with E-state index in [9.17, 15) is 14.9 Å². The lowest BCUT2D eigenvalue weighted by molar-refractivity contribution is -0.384. The number of anilines is 1. The number of nitro groups is 1. The Morgan fingerprint density at radius 2 is 2.26 bits per heavy atom. The van der Waals surface area contributed by atoms with Crippen LogP contribution in [0.3, 0.4) is 0 Å². The fourth-order valence-electron chi connectivity index (χ4n) is 1.39. The number of halogens is 1. The van der Waals surface area contributed by atoms with Crippen LogP contribution in [0.25, 0.3) is 0 Å². The minimum Gasteiger partial charge on any atom is -0.301 e. The van der Waals surface area contributed by atoms with E-state index in [0.29, 0.717) is 0 Å². The predicted octanol–water partition coefficient (Wildman–Crippen LogP) is 1.63. The van der Waals surface area contributed by atoms with E-state index >= 15 is 0 Å². The molecule has 2 aromatic heterocycles. The van der Waals surface area contributed by atoms with Crippen molar-refractivity contribution in [2.75, 3.05) is 5.32 Å². The Bertz CT molecular complexity index is 654. The number of hydrogen-bond donors (Lipinski definition) is 1. The molecule has 19 heavy (non-hydrogen) atoms. The molecule has 0 aliphatic heterocycles. The molecule has 0 bridgehead atoms. The topological polar surface area (TPSA) is 103 Å². The van der Waals surface area contributed by atoms with Crippen LogP contribution in [0.5, 0.6) is 0 Å². The minimum atomic E-state index is -0.651. The summed E-state index contributed by atoms with van der Waals surface area (Å²) in [5, 5.41) is 17.0. The van der Waals surface area contributed by atoms with E-state index in [1.807, 2.05) is 0 Å². The average molecular weight is 282 g/mol. The summed E-state index contributed by atoms with van der Waals surface area (Å²) < 4.78 is 1.44. The van der Waals surface area contributed by atoms with E-state index in [-0.39, 0.29) is 22.2 Å². The summed E-state index contributed by atoms with van der Waals surface area (Å²) in [6.07, 6.45) is 2.82. The van der Waals surface area contributed by atoms with Gasteiger partial charge in [0.25, 0.3) is 5.91 Å². The molecule has 2 aromatic rings. The second kappa shape index (κ2) is 5.02. The van der Waals surface area contributed by atoms with Crippen molar-refractivity contribution in [1.29, 1.82) is 0 Å². The Morgan fingerprint density at radius 3 is 2.84 bits per heavy atom. The van der Waals surface area contributed by atoms with Crippen molar-refractivity contribution >= 4 is 29.0 Å². The van der Waals surface area contributed by atoms with Gasteiger partial charge in [0.15, 0.2) is 0 Å². The summed E-state index contributed by atoms with van der Waals surface area (Å²) >= 11 is 5.65. The van der Waals surface area contributed by atoms with Gasteiger partial charge in [0.1, 0.15) is 5.15 Å². The zero-order chi connectivity index (χ0) is 14.0. The molecule has 1 amide bonds. The first-order valence-corrected chi connectivity index (χ1v) is 5.46. The molecule has 0 radical (unpaired) electrons. The number of aryl methyl sites for hydroxylation is 1. The molecule has 98 valence electrons. The Labute approximate surface area is 112 Å². The van der Waals surface area contributed by atoms with Gasteiger partial charge in [-0.25, -0.2) is 4.98 Å². The lowest BCUT2D eigenvalue weighted by atomic mass is 10.3. The third-order valence-corrected chi connectivity index (χ3v) is 2.45. The van der Waals surface area contributed by atoms with Crippen molar-refractivity contribution < 1.29 is 9.72 Å². The average Bonchev–Trinajstić information content (AvgIpc) is 2.75. The smallest absolute Gasteiger partial charge is 0.301 e.